The van der Waals surface area contributed by atoms with Gasteiger partial charge in [-0.3, -0.25) is 4.98 Å². The fourth-order valence-corrected chi connectivity index (χ4v) is 1.68. The zero-order valence-corrected chi connectivity index (χ0v) is 7.38. The van der Waals surface area contributed by atoms with Crippen molar-refractivity contribution >= 4 is 5.69 Å². The lowest BCUT2D eigenvalue weighted by Crippen LogP contribution is -1.98. The van der Waals surface area contributed by atoms with Gasteiger partial charge in [-0.05, 0) is 36.3 Å². The Morgan fingerprint density at radius 3 is 2.83 bits per heavy atom. The molecule has 0 radical (unpaired) electrons. The molecule has 64 valence electrons. The van der Waals surface area contributed by atoms with Gasteiger partial charge in [-0.25, -0.2) is 0 Å². The summed E-state index contributed by atoms with van der Waals surface area (Å²) in [4.78, 5) is 4.10. The lowest BCUT2D eigenvalue weighted by Gasteiger charge is -2.08. The van der Waals surface area contributed by atoms with Gasteiger partial charge in [0.25, 0.3) is 0 Å². The van der Waals surface area contributed by atoms with E-state index in [9.17, 15) is 0 Å². The number of nitrogens with two attached hydrogens (primary N) is 1. The highest BCUT2D eigenvalue weighted by atomic mass is 14.7. The van der Waals surface area contributed by atoms with E-state index in [2.05, 4.69) is 11.9 Å². The Bertz CT molecular complexity index is 290. The van der Waals surface area contributed by atoms with Gasteiger partial charge in [0, 0.05) is 6.20 Å². The number of pyridine rings is 1. The van der Waals surface area contributed by atoms with Gasteiger partial charge in [-0.1, -0.05) is 6.92 Å². The number of hydrogen-bond acceptors (Lipinski definition) is 2. The Morgan fingerprint density at radius 2 is 2.25 bits per heavy atom. The third-order valence-corrected chi connectivity index (χ3v) is 2.47. The fourth-order valence-electron chi connectivity index (χ4n) is 1.68. The minimum absolute atomic E-state index is 0.739. The largest absolute Gasteiger partial charge is 0.397 e. The van der Waals surface area contributed by atoms with Crippen molar-refractivity contribution in [2.45, 2.75) is 32.1 Å². The topological polar surface area (TPSA) is 38.9 Å². The van der Waals surface area contributed by atoms with Crippen molar-refractivity contribution in [2.24, 2.45) is 0 Å². The van der Waals surface area contributed by atoms with Gasteiger partial charge in [0.2, 0.25) is 0 Å². The van der Waals surface area contributed by atoms with Gasteiger partial charge in [0.15, 0.2) is 0 Å². The molecule has 0 aliphatic heterocycles. The van der Waals surface area contributed by atoms with E-state index in [1.807, 2.05) is 6.20 Å². The minimum Gasteiger partial charge on any atom is -0.397 e. The molecule has 2 rings (SSSR count). The molecule has 1 aliphatic rings. The van der Waals surface area contributed by atoms with Crippen molar-refractivity contribution in [1.29, 1.82) is 0 Å². The van der Waals surface area contributed by atoms with E-state index in [1.54, 1.807) is 6.20 Å². The number of nitrogen functional groups attached to an aromatic ring is 1. The maximum atomic E-state index is 5.88. The van der Waals surface area contributed by atoms with Gasteiger partial charge in [0.1, 0.15) is 0 Å². The summed E-state index contributed by atoms with van der Waals surface area (Å²) in [6.07, 6.45) is 7.38. The van der Waals surface area contributed by atoms with Crippen LogP contribution in [0.1, 0.15) is 36.8 Å². The molecule has 2 heteroatoms. The van der Waals surface area contributed by atoms with E-state index < -0.39 is 0 Å². The van der Waals surface area contributed by atoms with Crippen LogP contribution in [0.15, 0.2) is 12.4 Å². The van der Waals surface area contributed by atoms with Gasteiger partial charge in [-0.2, -0.15) is 0 Å². The molecule has 0 spiro atoms. The van der Waals surface area contributed by atoms with E-state index >= 15 is 0 Å². The fraction of sp³-hybridized carbons (Fsp3) is 0.500. The van der Waals surface area contributed by atoms with Gasteiger partial charge in [0.05, 0.1) is 11.9 Å². The van der Waals surface area contributed by atoms with Crippen molar-refractivity contribution < 1.29 is 0 Å². The van der Waals surface area contributed by atoms with Crippen LogP contribution < -0.4 is 5.73 Å². The molecule has 2 N–H and O–H groups in total. The Hall–Kier alpha value is -1.05. The molecular formula is C10H14N2. The van der Waals surface area contributed by atoms with Crippen molar-refractivity contribution in [3.05, 3.63) is 23.5 Å². The molecule has 1 saturated carbocycles. The van der Waals surface area contributed by atoms with E-state index in [0.29, 0.717) is 0 Å². The SMILES string of the molecule is CCc1cncc(N)c1C1CC1. The first kappa shape index (κ1) is 7.59. The number of aromatic nitrogens is 1. The molecule has 1 aromatic heterocycles. The summed E-state index contributed by atoms with van der Waals surface area (Å²) in [6, 6.07) is 0. The monoisotopic (exact) mass is 162 g/mol. The summed E-state index contributed by atoms with van der Waals surface area (Å²) in [7, 11) is 0. The average molecular weight is 162 g/mol. The lowest BCUT2D eigenvalue weighted by atomic mass is 10.0. The molecule has 1 aliphatic carbocycles. The molecule has 0 bridgehead atoms. The number of rotatable bonds is 2. The van der Waals surface area contributed by atoms with Crippen LogP contribution in [0.3, 0.4) is 0 Å². The molecule has 1 aromatic rings. The Balaban J connectivity index is 2.45. The van der Waals surface area contributed by atoms with Crippen molar-refractivity contribution in [1.82, 2.24) is 4.98 Å². The third-order valence-electron chi connectivity index (χ3n) is 2.47. The Morgan fingerprint density at radius 1 is 1.50 bits per heavy atom. The molecule has 2 nitrogen and oxygen atoms in total. The van der Waals surface area contributed by atoms with Crippen LogP contribution in [0.5, 0.6) is 0 Å². The lowest BCUT2D eigenvalue weighted by molar-refractivity contribution is 1.01. The van der Waals surface area contributed by atoms with Crippen LogP contribution in [-0.4, -0.2) is 4.98 Å². The average Bonchev–Trinajstić information content (AvgIpc) is 2.87. The van der Waals surface area contributed by atoms with Crippen molar-refractivity contribution in [3.63, 3.8) is 0 Å². The predicted octanol–water partition coefficient (Wildman–Crippen LogP) is 2.10. The smallest absolute Gasteiger partial charge is 0.0538 e. The minimum atomic E-state index is 0.739. The molecular weight excluding hydrogens is 148 g/mol. The molecule has 0 unspecified atom stereocenters. The van der Waals surface area contributed by atoms with Crippen LogP contribution in [-0.2, 0) is 6.42 Å². The zero-order chi connectivity index (χ0) is 8.55. The highest BCUT2D eigenvalue weighted by Crippen LogP contribution is 2.44. The van der Waals surface area contributed by atoms with Gasteiger partial charge in [-0.15, -0.1) is 0 Å². The van der Waals surface area contributed by atoms with Crippen molar-refractivity contribution in [2.75, 3.05) is 5.73 Å². The first-order valence-corrected chi connectivity index (χ1v) is 4.55. The second-order valence-electron chi connectivity index (χ2n) is 3.43. The molecule has 0 amide bonds. The summed E-state index contributed by atoms with van der Waals surface area (Å²) < 4.78 is 0. The number of hydrogen-bond donors (Lipinski definition) is 1. The Labute approximate surface area is 72.8 Å². The highest BCUT2D eigenvalue weighted by molar-refractivity contribution is 5.52. The molecule has 0 saturated heterocycles. The quantitative estimate of drug-likeness (QED) is 0.723. The van der Waals surface area contributed by atoms with Gasteiger partial charge < -0.3 is 5.73 Å². The molecule has 0 atom stereocenters. The maximum Gasteiger partial charge on any atom is 0.0538 e. The number of aryl methyl sites for hydroxylation is 1. The molecule has 12 heavy (non-hydrogen) atoms. The zero-order valence-electron chi connectivity index (χ0n) is 7.38. The van der Waals surface area contributed by atoms with Crippen LogP contribution in [0.25, 0.3) is 0 Å². The third kappa shape index (κ3) is 1.17. The van der Waals surface area contributed by atoms with E-state index in [1.165, 1.54) is 24.0 Å². The van der Waals surface area contributed by atoms with Crippen LogP contribution >= 0.6 is 0 Å². The normalized spacial score (nSPS) is 16.4. The predicted molar refractivity (Wildman–Crippen MR) is 50.0 cm³/mol. The number of anilines is 1. The van der Waals surface area contributed by atoms with Gasteiger partial charge >= 0.3 is 0 Å². The second-order valence-corrected chi connectivity index (χ2v) is 3.43. The highest BCUT2D eigenvalue weighted by Gasteiger charge is 2.27. The van der Waals surface area contributed by atoms with E-state index in [4.69, 9.17) is 5.73 Å². The Kier molecular flexibility index (Phi) is 1.75. The molecule has 1 fully saturated rings. The molecule has 1 heterocycles. The standard InChI is InChI=1S/C10H14N2/c1-2-7-5-12-6-9(11)10(7)8-3-4-8/h5-6,8H,2-4,11H2,1H3. The summed E-state index contributed by atoms with van der Waals surface area (Å²) >= 11 is 0. The van der Waals surface area contributed by atoms with Crippen LogP contribution in [0.2, 0.25) is 0 Å². The summed E-state index contributed by atoms with van der Waals surface area (Å²) in [5.74, 6) is 0.739. The summed E-state index contributed by atoms with van der Waals surface area (Å²) in [5, 5.41) is 0. The molecule has 0 aromatic carbocycles. The first-order chi connectivity index (χ1) is 5.83. The van der Waals surface area contributed by atoms with Crippen LogP contribution in [0.4, 0.5) is 5.69 Å². The second kappa shape index (κ2) is 2.77. The number of nitrogens with zero attached hydrogens (tertiary/aromatic N) is 1. The first-order valence-electron chi connectivity index (χ1n) is 4.55. The van der Waals surface area contributed by atoms with E-state index in [-0.39, 0.29) is 0 Å². The maximum absolute atomic E-state index is 5.88. The summed E-state index contributed by atoms with van der Waals surface area (Å²) in [6.45, 7) is 2.16. The van der Waals surface area contributed by atoms with Crippen LogP contribution in [0, 0.1) is 0 Å². The summed E-state index contributed by atoms with van der Waals surface area (Å²) in [5.41, 5.74) is 9.46. The van der Waals surface area contributed by atoms with E-state index in [0.717, 1.165) is 18.0 Å². The van der Waals surface area contributed by atoms with Crippen molar-refractivity contribution in [3.8, 4) is 0 Å².